The summed E-state index contributed by atoms with van der Waals surface area (Å²) < 4.78 is 0. The van der Waals surface area contributed by atoms with E-state index in [2.05, 4.69) is 25.3 Å². The maximum atomic E-state index is 8.76. The third-order valence-electron chi connectivity index (χ3n) is 1.23. The molecule has 1 aromatic carbocycles. The van der Waals surface area contributed by atoms with Gasteiger partial charge in [0, 0.05) is 9.79 Å². The molecule has 0 heterocycles. The van der Waals surface area contributed by atoms with Gasteiger partial charge in [-0.05, 0) is 23.8 Å². The van der Waals surface area contributed by atoms with Gasteiger partial charge in [-0.3, -0.25) is 0 Å². The van der Waals surface area contributed by atoms with Crippen LogP contribution in [0, 0.1) is 0 Å². The zero-order valence-electron chi connectivity index (χ0n) is 7.28. The van der Waals surface area contributed by atoms with E-state index in [1.165, 1.54) is 0 Å². The van der Waals surface area contributed by atoms with Crippen LogP contribution in [0.4, 0.5) is 0 Å². The van der Waals surface area contributed by atoms with Gasteiger partial charge in [0.25, 0.3) is 0 Å². The summed E-state index contributed by atoms with van der Waals surface area (Å²) >= 11 is 8.24. The zero-order valence-corrected chi connectivity index (χ0v) is 10.1. The molecule has 56 valence electrons. The fourth-order valence-corrected chi connectivity index (χ4v) is 1.14. The van der Waals surface area contributed by atoms with Gasteiger partial charge in [-0.1, -0.05) is 0 Å². The molecule has 0 spiro atoms. The molecular formula is C7H9NaOS2. The van der Waals surface area contributed by atoms with E-state index in [4.69, 9.17) is 5.11 Å². The minimum atomic E-state index is 0. The van der Waals surface area contributed by atoms with Crippen molar-refractivity contribution >= 4 is 25.3 Å². The summed E-state index contributed by atoms with van der Waals surface area (Å²) in [5.74, 6) is 0. The summed E-state index contributed by atoms with van der Waals surface area (Å²) in [6.45, 7) is 0.0211. The summed E-state index contributed by atoms with van der Waals surface area (Å²) in [5.41, 5.74) is 0.816. The van der Waals surface area contributed by atoms with Gasteiger partial charge in [-0.25, -0.2) is 0 Å². The van der Waals surface area contributed by atoms with Crippen LogP contribution < -0.4 is 29.6 Å². The number of hydrogen-bond donors (Lipinski definition) is 3. The fraction of sp³-hybridized carbons (Fsp3) is 0.143. The molecular weight excluding hydrogens is 187 g/mol. The Morgan fingerprint density at radius 3 is 2.45 bits per heavy atom. The molecule has 0 radical (unpaired) electrons. The predicted octanol–water partition coefficient (Wildman–Crippen LogP) is -1.13. The van der Waals surface area contributed by atoms with E-state index in [0.29, 0.717) is 0 Å². The molecule has 1 rings (SSSR count). The number of hydrogen-bond acceptors (Lipinski definition) is 3. The summed E-state index contributed by atoms with van der Waals surface area (Å²) in [6.07, 6.45) is 0. The van der Waals surface area contributed by atoms with Crippen LogP contribution in [-0.4, -0.2) is 5.11 Å². The van der Waals surface area contributed by atoms with Crippen molar-refractivity contribution < 1.29 is 36.1 Å². The first-order chi connectivity index (χ1) is 4.74. The van der Waals surface area contributed by atoms with Crippen LogP contribution in [0.3, 0.4) is 0 Å². The molecule has 11 heavy (non-hydrogen) atoms. The molecule has 0 atom stereocenters. The van der Waals surface area contributed by atoms with E-state index in [9.17, 15) is 0 Å². The topological polar surface area (TPSA) is 20.2 Å². The summed E-state index contributed by atoms with van der Waals surface area (Å²) in [6, 6.07) is 5.45. The van der Waals surface area contributed by atoms with Gasteiger partial charge < -0.3 is 6.53 Å². The number of thiol groups is 2. The number of aliphatic hydroxyl groups is 1. The van der Waals surface area contributed by atoms with Crippen LogP contribution >= 0.6 is 25.3 Å². The molecule has 1 nitrogen and oxygen atoms in total. The smallest absolute Gasteiger partial charge is 1.00 e. The Labute approximate surface area is 101 Å². The molecule has 1 N–H and O–H groups in total. The Balaban J connectivity index is 0. The Hall–Kier alpha value is 0.880. The van der Waals surface area contributed by atoms with Gasteiger partial charge in [-0.15, -0.1) is 25.3 Å². The molecule has 0 saturated heterocycles. The van der Waals surface area contributed by atoms with Crippen molar-refractivity contribution in [2.45, 2.75) is 16.4 Å². The monoisotopic (exact) mass is 196 g/mol. The average molecular weight is 196 g/mol. The van der Waals surface area contributed by atoms with Gasteiger partial charge in [0.2, 0.25) is 0 Å². The number of benzene rings is 1. The van der Waals surface area contributed by atoms with Crippen molar-refractivity contribution in [1.82, 2.24) is 0 Å². The standard InChI is InChI=1S/C7H8OS2.Na.H/c8-4-5-3-6(9)1-2-7(5)10;;/h1-3,8-10H,4H2;;/q;+1;-1. The van der Waals surface area contributed by atoms with E-state index in [1.807, 2.05) is 12.1 Å². The van der Waals surface area contributed by atoms with Crippen molar-refractivity contribution in [3.8, 4) is 0 Å². The molecule has 0 aliphatic heterocycles. The molecule has 0 aromatic heterocycles. The summed E-state index contributed by atoms with van der Waals surface area (Å²) in [7, 11) is 0. The number of aliphatic hydroxyl groups excluding tert-OH is 1. The van der Waals surface area contributed by atoms with Gasteiger partial charge in [0.15, 0.2) is 0 Å². The van der Waals surface area contributed by atoms with Crippen LogP contribution in [0.15, 0.2) is 28.0 Å². The minimum Gasteiger partial charge on any atom is -1.00 e. The maximum Gasteiger partial charge on any atom is 1.00 e. The van der Waals surface area contributed by atoms with Gasteiger partial charge in [-0.2, -0.15) is 0 Å². The van der Waals surface area contributed by atoms with Crippen molar-refractivity contribution in [2.24, 2.45) is 0 Å². The molecule has 1 aromatic rings. The van der Waals surface area contributed by atoms with Crippen LogP contribution in [0.1, 0.15) is 6.99 Å². The van der Waals surface area contributed by atoms with E-state index in [0.717, 1.165) is 15.4 Å². The van der Waals surface area contributed by atoms with Crippen molar-refractivity contribution in [2.75, 3.05) is 0 Å². The van der Waals surface area contributed by atoms with Crippen LogP contribution in [0.5, 0.6) is 0 Å². The maximum absolute atomic E-state index is 8.76. The largest absolute Gasteiger partial charge is 1.00 e. The first-order valence-electron chi connectivity index (χ1n) is 2.86. The van der Waals surface area contributed by atoms with Crippen molar-refractivity contribution in [3.63, 3.8) is 0 Å². The van der Waals surface area contributed by atoms with Gasteiger partial charge >= 0.3 is 29.6 Å². The second-order valence-electron chi connectivity index (χ2n) is 1.97. The van der Waals surface area contributed by atoms with Crippen molar-refractivity contribution in [1.29, 1.82) is 0 Å². The zero-order chi connectivity index (χ0) is 7.56. The molecule has 0 fully saturated rings. The molecule has 0 saturated carbocycles. The first kappa shape index (κ1) is 11.9. The predicted molar refractivity (Wildman–Crippen MR) is 48.0 cm³/mol. The molecule has 0 bridgehead atoms. The molecule has 0 amide bonds. The normalized spacial score (nSPS) is 9.00. The van der Waals surface area contributed by atoms with Gasteiger partial charge in [0.1, 0.15) is 0 Å². The SMILES string of the molecule is OCc1cc(S)ccc1S.[H-].[Na+]. The Morgan fingerprint density at radius 2 is 2.00 bits per heavy atom. The van der Waals surface area contributed by atoms with Crippen molar-refractivity contribution in [3.05, 3.63) is 23.8 Å². The fourth-order valence-electron chi connectivity index (χ4n) is 0.699. The number of rotatable bonds is 1. The first-order valence-corrected chi connectivity index (χ1v) is 3.75. The minimum absolute atomic E-state index is 0. The Kier molecular flexibility index (Phi) is 5.95. The van der Waals surface area contributed by atoms with E-state index < -0.39 is 0 Å². The van der Waals surface area contributed by atoms with E-state index >= 15 is 0 Å². The summed E-state index contributed by atoms with van der Waals surface area (Å²) in [5, 5.41) is 8.76. The van der Waals surface area contributed by atoms with Crippen LogP contribution in [0.25, 0.3) is 0 Å². The molecule has 0 aliphatic rings. The quantitative estimate of drug-likeness (QED) is 0.384. The van der Waals surface area contributed by atoms with E-state index in [-0.39, 0.29) is 37.6 Å². The van der Waals surface area contributed by atoms with Crippen LogP contribution in [-0.2, 0) is 6.61 Å². The van der Waals surface area contributed by atoms with Gasteiger partial charge in [0.05, 0.1) is 6.61 Å². The second kappa shape index (κ2) is 5.51. The van der Waals surface area contributed by atoms with E-state index in [1.54, 1.807) is 6.07 Å². The molecule has 0 aliphatic carbocycles. The van der Waals surface area contributed by atoms with Crippen LogP contribution in [0.2, 0.25) is 0 Å². The Bertz CT molecular complexity index is 245. The third kappa shape index (κ3) is 3.40. The molecule has 4 heteroatoms. The third-order valence-corrected chi connectivity index (χ3v) is 1.95. The Morgan fingerprint density at radius 1 is 1.36 bits per heavy atom. The average Bonchev–Trinajstić information content (AvgIpc) is 1.94. The summed E-state index contributed by atoms with van der Waals surface area (Å²) in [4.78, 5) is 1.65. The molecule has 0 unspecified atom stereocenters. The second-order valence-corrected chi connectivity index (χ2v) is 2.97.